The molecular weight excluding hydrogens is 369 g/mol. The van der Waals surface area contributed by atoms with E-state index in [2.05, 4.69) is 0 Å². The second kappa shape index (κ2) is 6.65. The van der Waals surface area contributed by atoms with Crippen LogP contribution in [0.1, 0.15) is 22.3 Å². The minimum absolute atomic E-state index is 0.102. The van der Waals surface area contributed by atoms with Crippen LogP contribution in [0, 0.1) is 5.82 Å². The van der Waals surface area contributed by atoms with Gasteiger partial charge in [-0.2, -0.15) is 0 Å². The molecule has 0 aromatic heterocycles. The SMILES string of the molecule is COC(=O)c1cccc2c1CCCN2S(=O)(=O)c1ccc(F)c(Cl)c1. The van der Waals surface area contributed by atoms with Crippen molar-refractivity contribution in [2.75, 3.05) is 18.0 Å². The monoisotopic (exact) mass is 383 g/mol. The summed E-state index contributed by atoms with van der Waals surface area (Å²) >= 11 is 5.73. The molecule has 25 heavy (non-hydrogen) atoms. The van der Waals surface area contributed by atoms with E-state index in [0.29, 0.717) is 29.7 Å². The molecule has 1 aliphatic heterocycles. The molecule has 1 aliphatic rings. The molecule has 2 aromatic rings. The fourth-order valence-electron chi connectivity index (χ4n) is 2.91. The summed E-state index contributed by atoms with van der Waals surface area (Å²) in [4.78, 5) is 11.8. The zero-order valence-electron chi connectivity index (χ0n) is 13.3. The van der Waals surface area contributed by atoms with Crippen molar-refractivity contribution in [3.63, 3.8) is 0 Å². The van der Waals surface area contributed by atoms with E-state index in [9.17, 15) is 17.6 Å². The highest BCUT2D eigenvalue weighted by Gasteiger charge is 2.31. The first-order valence-corrected chi connectivity index (χ1v) is 9.36. The quantitative estimate of drug-likeness (QED) is 0.762. The van der Waals surface area contributed by atoms with E-state index in [1.807, 2.05) is 0 Å². The number of hydrogen-bond donors (Lipinski definition) is 0. The zero-order valence-corrected chi connectivity index (χ0v) is 14.9. The average Bonchev–Trinajstić information content (AvgIpc) is 2.62. The Morgan fingerprint density at radius 2 is 2.04 bits per heavy atom. The number of esters is 1. The van der Waals surface area contributed by atoms with Crippen LogP contribution >= 0.6 is 11.6 Å². The van der Waals surface area contributed by atoms with E-state index in [0.717, 1.165) is 12.1 Å². The molecule has 0 saturated carbocycles. The zero-order chi connectivity index (χ0) is 18.2. The molecule has 0 spiro atoms. The number of hydrogen-bond acceptors (Lipinski definition) is 4. The number of carbonyl (C=O) groups excluding carboxylic acids is 1. The lowest BCUT2D eigenvalue weighted by Crippen LogP contribution is -2.36. The maximum atomic E-state index is 13.4. The molecule has 2 aromatic carbocycles. The summed E-state index contributed by atoms with van der Waals surface area (Å²) in [6.45, 7) is 0.259. The van der Waals surface area contributed by atoms with Gasteiger partial charge in [0.15, 0.2) is 0 Å². The normalized spacial score (nSPS) is 14.1. The molecule has 0 bridgehead atoms. The molecule has 8 heteroatoms. The largest absolute Gasteiger partial charge is 0.465 e. The molecule has 3 rings (SSSR count). The molecule has 0 atom stereocenters. The first kappa shape index (κ1) is 17.7. The van der Waals surface area contributed by atoms with Crippen LogP contribution in [-0.2, 0) is 21.2 Å². The summed E-state index contributed by atoms with van der Waals surface area (Å²) in [6.07, 6.45) is 1.12. The van der Waals surface area contributed by atoms with E-state index in [1.54, 1.807) is 18.2 Å². The van der Waals surface area contributed by atoms with Crippen molar-refractivity contribution in [2.24, 2.45) is 0 Å². The van der Waals surface area contributed by atoms with Crippen LogP contribution in [0.3, 0.4) is 0 Å². The summed E-state index contributed by atoms with van der Waals surface area (Å²) in [5, 5.41) is -0.262. The van der Waals surface area contributed by atoms with Gasteiger partial charge in [0.05, 0.1) is 28.3 Å². The number of ether oxygens (including phenoxy) is 1. The number of nitrogens with zero attached hydrogens (tertiary/aromatic N) is 1. The van der Waals surface area contributed by atoms with Gasteiger partial charge >= 0.3 is 5.97 Å². The number of sulfonamides is 1. The van der Waals surface area contributed by atoms with Crippen molar-refractivity contribution < 1.29 is 22.3 Å². The third-order valence-corrected chi connectivity index (χ3v) is 6.19. The Morgan fingerprint density at radius 3 is 2.72 bits per heavy atom. The van der Waals surface area contributed by atoms with Gasteiger partial charge in [-0.05, 0) is 48.7 Å². The van der Waals surface area contributed by atoms with Gasteiger partial charge in [-0.15, -0.1) is 0 Å². The predicted molar refractivity (Wildman–Crippen MR) is 92.0 cm³/mol. The Labute approximate surface area is 150 Å². The summed E-state index contributed by atoms with van der Waals surface area (Å²) < 4.78 is 45.3. The molecular formula is C17H15ClFNO4S. The number of rotatable bonds is 3. The fraction of sp³-hybridized carbons (Fsp3) is 0.235. The third kappa shape index (κ3) is 3.09. The van der Waals surface area contributed by atoms with Crippen molar-refractivity contribution in [1.29, 1.82) is 0 Å². The number of methoxy groups -OCH3 is 1. The van der Waals surface area contributed by atoms with Crippen molar-refractivity contribution in [2.45, 2.75) is 17.7 Å². The highest BCUT2D eigenvalue weighted by molar-refractivity contribution is 7.92. The minimum atomic E-state index is -3.93. The highest BCUT2D eigenvalue weighted by atomic mass is 35.5. The van der Waals surface area contributed by atoms with Crippen molar-refractivity contribution >= 4 is 33.3 Å². The molecule has 0 amide bonds. The molecule has 0 fully saturated rings. The van der Waals surface area contributed by atoms with Gasteiger partial charge in [0.2, 0.25) is 0 Å². The second-order valence-corrected chi connectivity index (χ2v) is 7.82. The van der Waals surface area contributed by atoms with Crippen molar-refractivity contribution in [1.82, 2.24) is 0 Å². The van der Waals surface area contributed by atoms with Crippen LogP contribution in [-0.4, -0.2) is 28.0 Å². The first-order chi connectivity index (χ1) is 11.9. The Bertz CT molecular complexity index is 946. The summed E-state index contributed by atoms with van der Waals surface area (Å²) in [5.74, 6) is -1.20. The fourth-order valence-corrected chi connectivity index (χ4v) is 4.71. The summed E-state index contributed by atoms with van der Waals surface area (Å²) in [7, 11) is -2.66. The molecule has 0 radical (unpaired) electrons. The standard InChI is InChI=1S/C17H15ClFNO4S/c1-24-17(21)13-4-2-6-16-12(13)5-3-9-20(16)25(22,23)11-7-8-15(19)14(18)10-11/h2,4,6-8,10H,3,5,9H2,1H3. The van der Waals surface area contributed by atoms with Crippen molar-refractivity contribution in [3.8, 4) is 0 Å². The lowest BCUT2D eigenvalue weighted by molar-refractivity contribution is 0.0599. The van der Waals surface area contributed by atoms with E-state index in [1.165, 1.54) is 17.5 Å². The van der Waals surface area contributed by atoms with E-state index >= 15 is 0 Å². The molecule has 0 saturated heterocycles. The minimum Gasteiger partial charge on any atom is -0.465 e. The van der Waals surface area contributed by atoms with E-state index in [4.69, 9.17) is 16.3 Å². The highest BCUT2D eigenvalue weighted by Crippen LogP contribution is 2.34. The maximum Gasteiger partial charge on any atom is 0.338 e. The Balaban J connectivity index is 2.11. The lowest BCUT2D eigenvalue weighted by atomic mass is 9.98. The first-order valence-electron chi connectivity index (χ1n) is 7.54. The molecule has 0 unspecified atom stereocenters. The Kier molecular flexibility index (Phi) is 4.71. The average molecular weight is 384 g/mol. The van der Waals surface area contributed by atoms with Gasteiger partial charge in [0, 0.05) is 6.54 Å². The van der Waals surface area contributed by atoms with Crippen molar-refractivity contribution in [3.05, 3.63) is 58.4 Å². The number of halogens is 2. The van der Waals surface area contributed by atoms with Crippen LogP contribution in [0.25, 0.3) is 0 Å². The van der Waals surface area contributed by atoms with Gasteiger partial charge in [-0.1, -0.05) is 17.7 Å². The van der Waals surface area contributed by atoms with Crippen LogP contribution in [0.2, 0.25) is 5.02 Å². The number of fused-ring (bicyclic) bond motifs is 1. The van der Waals surface area contributed by atoms with Gasteiger partial charge in [0.25, 0.3) is 10.0 Å². The van der Waals surface area contributed by atoms with Crippen LogP contribution in [0.15, 0.2) is 41.3 Å². The lowest BCUT2D eigenvalue weighted by Gasteiger charge is -2.31. The van der Waals surface area contributed by atoms with Crippen LogP contribution in [0.5, 0.6) is 0 Å². The van der Waals surface area contributed by atoms with Crippen LogP contribution < -0.4 is 4.31 Å². The Hall–Kier alpha value is -2.12. The topological polar surface area (TPSA) is 63.7 Å². The van der Waals surface area contributed by atoms with Crippen LogP contribution in [0.4, 0.5) is 10.1 Å². The number of carbonyl (C=O) groups is 1. The number of benzene rings is 2. The van der Waals surface area contributed by atoms with E-state index < -0.39 is 21.8 Å². The molecule has 5 nitrogen and oxygen atoms in total. The summed E-state index contributed by atoms with van der Waals surface area (Å²) in [6, 6.07) is 8.14. The van der Waals surface area contributed by atoms with Gasteiger partial charge < -0.3 is 4.74 Å². The molecule has 0 aliphatic carbocycles. The maximum absolute atomic E-state index is 13.4. The van der Waals surface area contributed by atoms with Gasteiger partial charge in [-0.25, -0.2) is 17.6 Å². The second-order valence-electron chi connectivity index (χ2n) is 5.55. The van der Waals surface area contributed by atoms with E-state index in [-0.39, 0.29) is 16.5 Å². The number of anilines is 1. The smallest absolute Gasteiger partial charge is 0.338 e. The molecule has 0 N–H and O–H groups in total. The van der Waals surface area contributed by atoms with Gasteiger partial charge in [-0.3, -0.25) is 4.31 Å². The van der Waals surface area contributed by atoms with Gasteiger partial charge in [0.1, 0.15) is 5.82 Å². The predicted octanol–water partition coefficient (Wildman–Crippen LogP) is 3.41. The molecule has 1 heterocycles. The Morgan fingerprint density at radius 1 is 1.28 bits per heavy atom. The summed E-state index contributed by atoms with van der Waals surface area (Å²) in [5.41, 5.74) is 1.39. The molecule has 132 valence electrons. The third-order valence-electron chi connectivity index (χ3n) is 4.09.